The number of alkyl halides is 17. The van der Waals surface area contributed by atoms with E-state index in [9.17, 15) is 84.3 Å². The fraction of sp³-hybridized carbons (Fsp3) is 1.00. The smallest absolute Gasteiger partial charge is 0.373 e. The Morgan fingerprint density at radius 3 is 1.11 bits per heavy atom. The summed E-state index contributed by atoms with van der Waals surface area (Å²) < 4.78 is 236. The van der Waals surface area contributed by atoms with Gasteiger partial charge in [-0.05, 0) is 6.42 Å². The van der Waals surface area contributed by atoms with Gasteiger partial charge in [-0.1, -0.05) is 0 Å². The molecular weight excluding hydrogens is 612 g/mol. The van der Waals surface area contributed by atoms with Gasteiger partial charge in [0.15, 0.2) is 0 Å². The van der Waals surface area contributed by atoms with Crippen LogP contribution in [0.25, 0.3) is 0 Å². The molecule has 0 aromatic carbocycles. The summed E-state index contributed by atoms with van der Waals surface area (Å²) in [6, 6.07) is 0. The summed E-state index contributed by atoms with van der Waals surface area (Å²) in [4.78, 5) is 18.3. The van der Waals surface area contributed by atoms with Crippen molar-refractivity contribution < 1.29 is 98.6 Å². The Balaban J connectivity index is 6.69. The fourth-order valence-electron chi connectivity index (χ4n) is 2.79. The lowest BCUT2D eigenvalue weighted by atomic mass is 9.87. The van der Waals surface area contributed by atoms with E-state index < -0.39 is 84.4 Å². The van der Waals surface area contributed by atoms with Crippen LogP contribution in [0.4, 0.5) is 74.6 Å². The average molecular weight is 630 g/mol. The van der Waals surface area contributed by atoms with E-state index in [2.05, 4.69) is 0 Å². The summed E-state index contributed by atoms with van der Waals surface area (Å²) >= 11 is 0. The number of quaternary nitrogens is 1. The van der Waals surface area contributed by atoms with Crippen molar-refractivity contribution in [1.29, 1.82) is 0 Å². The molecule has 0 fully saturated rings. The largest absolute Gasteiger partial charge is 0.460 e. The molecule has 0 aromatic heterocycles. The molecular formula is C15H18F17NO4P+. The minimum absolute atomic E-state index is 0.771. The van der Waals surface area contributed by atoms with E-state index in [1.165, 1.54) is 0 Å². The Morgan fingerprint density at radius 1 is 0.553 bits per heavy atom. The molecule has 0 spiro atoms. The van der Waals surface area contributed by atoms with Crippen molar-refractivity contribution in [2.75, 3.05) is 27.7 Å². The first kappa shape index (κ1) is 36.9. The number of likely N-dealkylation sites (N-methyl/N-ethyl adjacent to an activating group) is 1. The van der Waals surface area contributed by atoms with Crippen molar-refractivity contribution in [3.63, 3.8) is 0 Å². The predicted octanol–water partition coefficient (Wildman–Crippen LogP) is 5.35. The zero-order valence-electron chi connectivity index (χ0n) is 18.7. The molecule has 1 unspecified atom stereocenters. The van der Waals surface area contributed by atoms with Crippen LogP contribution < -0.4 is 0 Å². The molecule has 1 atom stereocenters. The van der Waals surface area contributed by atoms with Crippen LogP contribution in [-0.4, -0.2) is 100 Å². The van der Waals surface area contributed by atoms with Gasteiger partial charge in [-0.3, -0.25) is 4.57 Å². The average Bonchev–Trinajstić information content (AvgIpc) is 2.62. The lowest BCUT2D eigenvalue weighted by Gasteiger charge is -2.43. The van der Waals surface area contributed by atoms with E-state index in [1.54, 1.807) is 0 Å². The number of halogens is 17. The lowest BCUT2D eigenvalue weighted by Crippen LogP contribution is -2.74. The van der Waals surface area contributed by atoms with Gasteiger partial charge in [0.2, 0.25) is 5.34 Å². The SMILES string of the molecule is C[N+](C)(C)CC(O)(CCC(F)(F)C(F)(F)C(F)(F)C(F)(F)C(F)(F)C(F)(F)C(F)(F)C(F)(F)F)P(=O)(O)O. The summed E-state index contributed by atoms with van der Waals surface area (Å²) in [7, 11) is -3.06. The van der Waals surface area contributed by atoms with Gasteiger partial charge in [0.05, 0.1) is 21.1 Å². The molecule has 5 nitrogen and oxygen atoms in total. The number of rotatable bonds is 12. The molecule has 0 aromatic rings. The summed E-state index contributed by atoms with van der Waals surface area (Å²) in [5.74, 6) is -57.8. The third-order valence-electron chi connectivity index (χ3n) is 4.90. The molecule has 0 aliphatic carbocycles. The maximum Gasteiger partial charge on any atom is 0.460 e. The third-order valence-corrected chi connectivity index (χ3v) is 6.35. The highest BCUT2D eigenvalue weighted by Gasteiger charge is 2.95. The highest BCUT2D eigenvalue weighted by Crippen LogP contribution is 2.64. The third kappa shape index (κ3) is 5.69. The van der Waals surface area contributed by atoms with Crippen molar-refractivity contribution in [2.24, 2.45) is 0 Å². The Morgan fingerprint density at radius 2 is 0.842 bits per heavy atom. The summed E-state index contributed by atoms with van der Waals surface area (Å²) in [6.07, 6.45) is -13.4. The molecule has 0 radical (unpaired) electrons. The van der Waals surface area contributed by atoms with Gasteiger partial charge in [0.1, 0.15) is 6.54 Å². The minimum atomic E-state index is -8.78. The molecule has 0 heterocycles. The molecule has 23 heteroatoms. The van der Waals surface area contributed by atoms with Gasteiger partial charge in [-0.2, -0.15) is 74.6 Å². The van der Waals surface area contributed by atoms with Gasteiger partial charge in [0, 0.05) is 6.42 Å². The minimum Gasteiger partial charge on any atom is -0.373 e. The van der Waals surface area contributed by atoms with E-state index in [4.69, 9.17) is 9.79 Å². The first-order valence-electron chi connectivity index (χ1n) is 9.21. The molecule has 0 aliphatic heterocycles. The zero-order valence-corrected chi connectivity index (χ0v) is 19.6. The van der Waals surface area contributed by atoms with Crippen LogP contribution in [0.2, 0.25) is 0 Å². The van der Waals surface area contributed by atoms with Crippen LogP contribution in [0.1, 0.15) is 12.8 Å². The summed E-state index contributed by atoms with van der Waals surface area (Å²) in [5, 5.41) is 6.18. The predicted molar refractivity (Wildman–Crippen MR) is 89.8 cm³/mol. The highest BCUT2D eigenvalue weighted by molar-refractivity contribution is 7.53. The molecule has 38 heavy (non-hydrogen) atoms. The second-order valence-electron chi connectivity index (χ2n) is 9.12. The Labute approximate surface area is 200 Å². The van der Waals surface area contributed by atoms with E-state index in [1.807, 2.05) is 0 Å². The van der Waals surface area contributed by atoms with Gasteiger partial charge in [-0.25, -0.2) is 0 Å². The second-order valence-corrected chi connectivity index (χ2v) is 11.0. The zero-order chi connectivity index (χ0) is 31.6. The number of hydrogen-bond acceptors (Lipinski definition) is 2. The van der Waals surface area contributed by atoms with Crippen LogP contribution >= 0.6 is 7.60 Å². The maximum atomic E-state index is 14.0. The van der Waals surface area contributed by atoms with Crippen molar-refractivity contribution in [1.82, 2.24) is 0 Å². The molecule has 0 saturated carbocycles. The van der Waals surface area contributed by atoms with E-state index in [0.717, 1.165) is 21.1 Å². The van der Waals surface area contributed by atoms with Gasteiger partial charge in [-0.15, -0.1) is 0 Å². The van der Waals surface area contributed by atoms with E-state index >= 15 is 0 Å². The Hall–Kier alpha value is -1.12. The number of hydrogen-bond donors (Lipinski definition) is 3. The van der Waals surface area contributed by atoms with Crippen LogP contribution in [0.5, 0.6) is 0 Å². The highest BCUT2D eigenvalue weighted by atomic mass is 31.2. The number of nitrogens with zero attached hydrogens (tertiary/aromatic N) is 1. The van der Waals surface area contributed by atoms with Gasteiger partial charge < -0.3 is 19.4 Å². The van der Waals surface area contributed by atoms with Crippen LogP contribution in [-0.2, 0) is 4.57 Å². The molecule has 0 amide bonds. The van der Waals surface area contributed by atoms with E-state index in [-0.39, 0.29) is 0 Å². The lowest BCUT2D eigenvalue weighted by molar-refractivity contribution is -0.875. The van der Waals surface area contributed by atoms with Crippen molar-refractivity contribution in [3.05, 3.63) is 0 Å². The summed E-state index contributed by atoms with van der Waals surface area (Å²) in [5.41, 5.74) is 0. The van der Waals surface area contributed by atoms with Crippen molar-refractivity contribution in [3.8, 4) is 0 Å². The van der Waals surface area contributed by atoms with E-state index in [0.29, 0.717) is 0 Å². The van der Waals surface area contributed by atoms with Crippen molar-refractivity contribution in [2.45, 2.75) is 65.8 Å². The summed E-state index contributed by atoms with van der Waals surface area (Å²) in [6.45, 7) is -1.33. The van der Waals surface area contributed by atoms with Crippen LogP contribution in [0, 0.1) is 0 Å². The van der Waals surface area contributed by atoms with Gasteiger partial charge >= 0.3 is 55.2 Å². The molecule has 0 saturated heterocycles. The van der Waals surface area contributed by atoms with Gasteiger partial charge in [0.25, 0.3) is 0 Å². The molecule has 0 aliphatic rings. The molecule has 0 bridgehead atoms. The topological polar surface area (TPSA) is 77.8 Å². The quantitative estimate of drug-likeness (QED) is 0.155. The monoisotopic (exact) mass is 630 g/mol. The molecule has 0 rings (SSSR count). The van der Waals surface area contributed by atoms with Crippen LogP contribution in [0.15, 0.2) is 0 Å². The fourth-order valence-corrected chi connectivity index (χ4v) is 3.80. The Bertz CT molecular complexity index is 908. The van der Waals surface area contributed by atoms with Crippen LogP contribution in [0.3, 0.4) is 0 Å². The standard InChI is InChI=1S/C15H17F17NO4P/c1-33(2,3)6-7(34,38(35,36)37)4-5-8(16,17)9(18,19)10(20,21)11(22,23)12(24,25)13(26,27)14(28,29)15(30,31)32/h34H,4-6H2,1-3H3,(H-,35,36,37)/p+1. The first-order chi connectivity index (χ1) is 15.9. The second kappa shape index (κ2) is 9.47. The molecule has 3 N–H and O–H groups in total. The molecule has 230 valence electrons. The van der Waals surface area contributed by atoms with Crippen molar-refractivity contribution >= 4 is 7.60 Å². The normalized spacial score (nSPS) is 18.0. The number of aliphatic hydroxyl groups is 1. The Kier molecular flexibility index (Phi) is 9.19. The maximum absolute atomic E-state index is 14.0. The first-order valence-corrected chi connectivity index (χ1v) is 10.8.